The maximum Gasteiger partial charge on any atom is 0.219 e. The molecule has 122 valence electrons. The summed E-state index contributed by atoms with van der Waals surface area (Å²) in [5.74, 6) is 0.647. The molecule has 0 radical (unpaired) electrons. The maximum atomic E-state index is 11.4. The molecule has 2 aromatic heterocycles. The van der Waals surface area contributed by atoms with E-state index >= 15 is 0 Å². The molecule has 1 atom stereocenters. The Morgan fingerprint density at radius 1 is 1.39 bits per heavy atom. The predicted molar refractivity (Wildman–Crippen MR) is 87.7 cm³/mol. The third-order valence-electron chi connectivity index (χ3n) is 4.37. The lowest BCUT2D eigenvalue weighted by Crippen LogP contribution is -2.26. The van der Waals surface area contributed by atoms with E-state index in [2.05, 4.69) is 28.9 Å². The molecular weight excluding hydrogens is 290 g/mol. The second-order valence-electron chi connectivity index (χ2n) is 6.47. The second kappa shape index (κ2) is 6.48. The first-order chi connectivity index (χ1) is 11.0. The van der Waals surface area contributed by atoms with Crippen molar-refractivity contribution in [2.24, 2.45) is 5.92 Å². The molecule has 0 N–H and O–H groups in total. The van der Waals surface area contributed by atoms with Crippen LogP contribution in [-0.2, 0) is 11.2 Å². The Balaban J connectivity index is 1.76. The summed E-state index contributed by atoms with van der Waals surface area (Å²) in [6.45, 7) is 7.54. The molecule has 3 heterocycles. The highest BCUT2D eigenvalue weighted by molar-refractivity contribution is 5.73. The average molecular weight is 313 g/mol. The quantitative estimate of drug-likeness (QED) is 0.869. The molecule has 1 aliphatic heterocycles. The summed E-state index contributed by atoms with van der Waals surface area (Å²) in [6, 6.07) is 4.32. The largest absolute Gasteiger partial charge is 0.343 e. The summed E-state index contributed by atoms with van der Waals surface area (Å²) in [7, 11) is 0. The number of likely N-dealkylation sites (tertiary alicyclic amines) is 1. The summed E-state index contributed by atoms with van der Waals surface area (Å²) in [4.78, 5) is 22.2. The van der Waals surface area contributed by atoms with Gasteiger partial charge in [-0.3, -0.25) is 9.48 Å². The van der Waals surface area contributed by atoms with Crippen LogP contribution in [0.15, 0.2) is 24.7 Å². The molecule has 6 heteroatoms. The number of nitrogens with zero attached hydrogens (tertiary/aromatic N) is 5. The third kappa shape index (κ3) is 3.41. The van der Waals surface area contributed by atoms with E-state index in [4.69, 9.17) is 0 Å². The van der Waals surface area contributed by atoms with Crippen molar-refractivity contribution < 1.29 is 4.79 Å². The minimum absolute atomic E-state index is 0.164. The van der Waals surface area contributed by atoms with Crippen LogP contribution in [0, 0.1) is 5.92 Å². The monoisotopic (exact) mass is 313 g/mol. The lowest BCUT2D eigenvalue weighted by Gasteiger charge is -2.14. The number of carbonyl (C=O) groups excluding carboxylic acids is 1. The molecule has 2 aromatic rings. The van der Waals surface area contributed by atoms with Crippen LogP contribution in [0.1, 0.15) is 38.9 Å². The van der Waals surface area contributed by atoms with Gasteiger partial charge in [0.1, 0.15) is 6.33 Å². The van der Waals surface area contributed by atoms with Gasteiger partial charge >= 0.3 is 0 Å². The van der Waals surface area contributed by atoms with Gasteiger partial charge in [0, 0.05) is 37.9 Å². The molecule has 0 spiro atoms. The molecule has 0 saturated carbocycles. The van der Waals surface area contributed by atoms with Gasteiger partial charge in [-0.15, -0.1) is 0 Å². The Kier molecular flexibility index (Phi) is 4.41. The van der Waals surface area contributed by atoms with Gasteiger partial charge in [-0.25, -0.2) is 9.97 Å². The van der Waals surface area contributed by atoms with Crippen molar-refractivity contribution in [1.82, 2.24) is 24.6 Å². The fourth-order valence-electron chi connectivity index (χ4n) is 3.16. The number of hydrogen-bond acceptors (Lipinski definition) is 4. The van der Waals surface area contributed by atoms with E-state index in [-0.39, 0.29) is 11.9 Å². The van der Waals surface area contributed by atoms with Crippen molar-refractivity contribution in [2.75, 3.05) is 13.1 Å². The van der Waals surface area contributed by atoms with E-state index < -0.39 is 0 Å². The highest BCUT2D eigenvalue weighted by Crippen LogP contribution is 2.23. The van der Waals surface area contributed by atoms with Crippen LogP contribution in [-0.4, -0.2) is 43.6 Å². The lowest BCUT2D eigenvalue weighted by molar-refractivity contribution is -0.127. The molecule has 1 amide bonds. The van der Waals surface area contributed by atoms with Crippen LogP contribution >= 0.6 is 0 Å². The Bertz CT molecular complexity index is 694. The summed E-state index contributed by atoms with van der Waals surface area (Å²) in [5.41, 5.74) is 2.95. The highest BCUT2D eigenvalue weighted by Gasteiger charge is 2.24. The minimum Gasteiger partial charge on any atom is -0.343 e. The molecule has 0 aliphatic carbocycles. The number of carbonyl (C=O) groups is 1. The number of aromatic nitrogens is 4. The number of rotatable bonds is 4. The lowest BCUT2D eigenvalue weighted by atomic mass is 10.0. The van der Waals surface area contributed by atoms with Gasteiger partial charge in [0.2, 0.25) is 5.91 Å². The van der Waals surface area contributed by atoms with E-state index in [0.717, 1.165) is 43.0 Å². The topological polar surface area (TPSA) is 63.9 Å². The fourth-order valence-corrected chi connectivity index (χ4v) is 3.16. The predicted octanol–water partition coefficient (Wildman–Crippen LogP) is 2.33. The van der Waals surface area contributed by atoms with Crippen molar-refractivity contribution in [1.29, 1.82) is 0 Å². The molecule has 0 aromatic carbocycles. The Morgan fingerprint density at radius 3 is 2.91 bits per heavy atom. The second-order valence-corrected chi connectivity index (χ2v) is 6.47. The fraction of sp³-hybridized carbons (Fsp3) is 0.529. The van der Waals surface area contributed by atoms with E-state index in [9.17, 15) is 4.79 Å². The van der Waals surface area contributed by atoms with Crippen LogP contribution in [0.2, 0.25) is 0 Å². The molecule has 1 saturated heterocycles. The first-order valence-electron chi connectivity index (χ1n) is 8.15. The maximum absolute atomic E-state index is 11.4. The van der Waals surface area contributed by atoms with Crippen LogP contribution in [0.5, 0.6) is 0 Å². The molecule has 3 rings (SSSR count). The van der Waals surface area contributed by atoms with Gasteiger partial charge in [0.05, 0.1) is 11.4 Å². The van der Waals surface area contributed by atoms with Gasteiger partial charge in [0.25, 0.3) is 0 Å². The van der Waals surface area contributed by atoms with Crippen LogP contribution in [0.25, 0.3) is 11.4 Å². The van der Waals surface area contributed by atoms with Gasteiger partial charge < -0.3 is 4.90 Å². The Labute approximate surface area is 136 Å². The highest BCUT2D eigenvalue weighted by atomic mass is 16.2. The van der Waals surface area contributed by atoms with Gasteiger partial charge in [-0.2, -0.15) is 5.10 Å². The molecule has 23 heavy (non-hydrogen) atoms. The van der Waals surface area contributed by atoms with Crippen LogP contribution < -0.4 is 0 Å². The summed E-state index contributed by atoms with van der Waals surface area (Å²) >= 11 is 0. The third-order valence-corrected chi connectivity index (χ3v) is 4.37. The molecule has 6 nitrogen and oxygen atoms in total. The zero-order chi connectivity index (χ0) is 16.4. The van der Waals surface area contributed by atoms with Crippen LogP contribution in [0.3, 0.4) is 0 Å². The number of amides is 1. The Hall–Kier alpha value is -2.24. The van der Waals surface area contributed by atoms with Gasteiger partial charge in [-0.1, -0.05) is 0 Å². The first-order valence-corrected chi connectivity index (χ1v) is 8.15. The van der Waals surface area contributed by atoms with Gasteiger partial charge in [0.15, 0.2) is 0 Å². The zero-order valence-electron chi connectivity index (χ0n) is 13.9. The van der Waals surface area contributed by atoms with Crippen LogP contribution in [0.4, 0.5) is 0 Å². The minimum atomic E-state index is 0.164. The van der Waals surface area contributed by atoms with E-state index in [1.807, 2.05) is 21.7 Å². The normalized spacial score (nSPS) is 17.9. The van der Waals surface area contributed by atoms with Gasteiger partial charge in [-0.05, 0) is 44.7 Å². The van der Waals surface area contributed by atoms with Crippen molar-refractivity contribution >= 4 is 5.91 Å². The smallest absolute Gasteiger partial charge is 0.219 e. The Morgan fingerprint density at radius 2 is 2.22 bits per heavy atom. The van der Waals surface area contributed by atoms with E-state index in [1.165, 1.54) is 0 Å². The summed E-state index contributed by atoms with van der Waals surface area (Å²) in [6.07, 6.45) is 5.36. The molecule has 1 fully saturated rings. The van der Waals surface area contributed by atoms with Crippen molar-refractivity contribution in [3.63, 3.8) is 0 Å². The SMILES string of the molecule is CC(=O)N1CC[C@H](Cc2cc(-c3ccnn3C(C)C)ncn2)C1. The van der Waals surface area contributed by atoms with E-state index in [0.29, 0.717) is 5.92 Å². The molecule has 0 bridgehead atoms. The summed E-state index contributed by atoms with van der Waals surface area (Å²) < 4.78 is 1.97. The molecule has 1 aliphatic rings. The van der Waals surface area contributed by atoms with Crippen molar-refractivity contribution in [3.05, 3.63) is 30.4 Å². The zero-order valence-corrected chi connectivity index (χ0v) is 13.9. The summed E-state index contributed by atoms with van der Waals surface area (Å²) in [5, 5.41) is 4.37. The number of hydrogen-bond donors (Lipinski definition) is 0. The van der Waals surface area contributed by atoms with Crippen molar-refractivity contribution in [2.45, 2.75) is 39.7 Å². The molecular formula is C17H23N5O. The molecule has 0 unspecified atom stereocenters. The average Bonchev–Trinajstić information content (AvgIpc) is 3.16. The van der Waals surface area contributed by atoms with Crippen molar-refractivity contribution in [3.8, 4) is 11.4 Å². The van der Waals surface area contributed by atoms with E-state index in [1.54, 1.807) is 19.4 Å². The first kappa shape index (κ1) is 15.6. The standard InChI is InChI=1S/C17H23N5O/c1-12(2)22-17(4-6-20-22)16-9-15(18-11-19-16)8-14-5-7-21(10-14)13(3)23/h4,6,9,11-12,14H,5,7-8,10H2,1-3H3/t14-/m1/s1.